The Bertz CT molecular complexity index is 304. The monoisotopic (exact) mass is 312 g/mol. The van der Waals surface area contributed by atoms with Crippen LogP contribution in [-0.4, -0.2) is 25.2 Å². The second-order valence-electron chi connectivity index (χ2n) is 5.39. The second kappa shape index (κ2) is 13.4. The molecular formula is C18H32O4. The molecule has 0 aliphatic carbocycles. The third-order valence-corrected chi connectivity index (χ3v) is 3.49. The summed E-state index contributed by atoms with van der Waals surface area (Å²) in [5, 5.41) is 0. The van der Waals surface area contributed by atoms with E-state index in [1.165, 1.54) is 0 Å². The third-order valence-electron chi connectivity index (χ3n) is 3.49. The van der Waals surface area contributed by atoms with Crippen LogP contribution in [0.25, 0.3) is 0 Å². The van der Waals surface area contributed by atoms with Crippen molar-refractivity contribution in [1.82, 2.24) is 0 Å². The zero-order valence-electron chi connectivity index (χ0n) is 14.6. The Morgan fingerprint density at radius 1 is 0.773 bits per heavy atom. The van der Waals surface area contributed by atoms with Crippen molar-refractivity contribution < 1.29 is 19.1 Å². The van der Waals surface area contributed by atoms with Gasteiger partial charge in [-0.15, -0.1) is 0 Å². The van der Waals surface area contributed by atoms with Crippen LogP contribution >= 0.6 is 0 Å². The number of hydrogen-bond donors (Lipinski definition) is 0. The molecule has 2 atom stereocenters. The van der Waals surface area contributed by atoms with Gasteiger partial charge in [0.05, 0.1) is 25.0 Å². The first-order chi connectivity index (χ1) is 10.6. The Morgan fingerprint density at radius 2 is 1.14 bits per heavy atom. The summed E-state index contributed by atoms with van der Waals surface area (Å²) in [6.45, 7) is 8.56. The van der Waals surface area contributed by atoms with E-state index in [0.29, 0.717) is 13.2 Å². The minimum Gasteiger partial charge on any atom is -0.466 e. The summed E-state index contributed by atoms with van der Waals surface area (Å²) in [6, 6.07) is 0. The zero-order chi connectivity index (χ0) is 16.8. The van der Waals surface area contributed by atoms with E-state index in [2.05, 4.69) is 13.8 Å². The summed E-state index contributed by atoms with van der Waals surface area (Å²) in [5.74, 6) is -0.937. The van der Waals surface area contributed by atoms with Gasteiger partial charge in [0.1, 0.15) is 0 Å². The van der Waals surface area contributed by atoms with E-state index < -0.39 is 0 Å². The summed E-state index contributed by atoms with van der Waals surface area (Å²) in [6.07, 6.45) is 9.18. The van der Waals surface area contributed by atoms with Gasteiger partial charge in [-0.05, 0) is 26.7 Å². The van der Waals surface area contributed by atoms with Gasteiger partial charge in [0, 0.05) is 0 Å². The van der Waals surface area contributed by atoms with Gasteiger partial charge in [0.25, 0.3) is 0 Å². The largest absolute Gasteiger partial charge is 0.466 e. The fraction of sp³-hybridized carbons (Fsp3) is 0.778. The maximum Gasteiger partial charge on any atom is 0.312 e. The van der Waals surface area contributed by atoms with Crippen molar-refractivity contribution >= 4 is 11.9 Å². The molecule has 0 amide bonds. The van der Waals surface area contributed by atoms with Crippen molar-refractivity contribution in [2.45, 2.75) is 66.2 Å². The lowest BCUT2D eigenvalue weighted by molar-refractivity contribution is -0.148. The summed E-state index contributed by atoms with van der Waals surface area (Å²) in [5.41, 5.74) is 0. The van der Waals surface area contributed by atoms with Crippen LogP contribution in [0, 0.1) is 11.8 Å². The number of hydrogen-bond acceptors (Lipinski definition) is 4. The number of ether oxygens (including phenoxy) is 2. The molecule has 2 unspecified atom stereocenters. The molecule has 128 valence electrons. The lowest BCUT2D eigenvalue weighted by Gasteiger charge is -2.14. The van der Waals surface area contributed by atoms with E-state index in [9.17, 15) is 9.59 Å². The average Bonchev–Trinajstić information content (AvgIpc) is 2.50. The van der Waals surface area contributed by atoms with Gasteiger partial charge in [-0.2, -0.15) is 0 Å². The number of carbonyl (C=O) groups excluding carboxylic acids is 2. The minimum absolute atomic E-state index is 0.203. The van der Waals surface area contributed by atoms with Crippen LogP contribution in [0.1, 0.15) is 66.2 Å². The van der Waals surface area contributed by atoms with Crippen LogP contribution in [0.3, 0.4) is 0 Å². The summed E-state index contributed by atoms with van der Waals surface area (Å²) in [7, 11) is 0. The predicted molar refractivity (Wildman–Crippen MR) is 88.4 cm³/mol. The van der Waals surface area contributed by atoms with Crippen LogP contribution in [0.4, 0.5) is 0 Å². The molecule has 0 aromatic rings. The van der Waals surface area contributed by atoms with Crippen LogP contribution in [-0.2, 0) is 19.1 Å². The maximum absolute atomic E-state index is 12.0. The second-order valence-corrected chi connectivity index (χ2v) is 5.39. The quantitative estimate of drug-likeness (QED) is 0.398. The SMILES string of the molecule is CCCCC(/C=C/C(CCCC)C(=O)OCC)C(=O)OCC. The Hall–Kier alpha value is -1.32. The van der Waals surface area contributed by atoms with Gasteiger partial charge in [-0.1, -0.05) is 51.7 Å². The van der Waals surface area contributed by atoms with Crippen LogP contribution < -0.4 is 0 Å². The number of esters is 2. The van der Waals surface area contributed by atoms with Crippen LogP contribution in [0.5, 0.6) is 0 Å². The highest BCUT2D eigenvalue weighted by molar-refractivity contribution is 5.76. The third kappa shape index (κ3) is 8.85. The molecule has 0 saturated carbocycles. The molecular weight excluding hydrogens is 280 g/mol. The van der Waals surface area contributed by atoms with Gasteiger partial charge in [0.2, 0.25) is 0 Å². The van der Waals surface area contributed by atoms with Crippen molar-refractivity contribution in [2.75, 3.05) is 13.2 Å². The molecule has 0 bridgehead atoms. The minimum atomic E-state index is -0.265. The molecule has 0 heterocycles. The molecule has 0 N–H and O–H groups in total. The van der Waals surface area contributed by atoms with E-state index in [-0.39, 0.29) is 23.8 Å². The summed E-state index contributed by atoms with van der Waals surface area (Å²) >= 11 is 0. The van der Waals surface area contributed by atoms with Crippen molar-refractivity contribution in [3.05, 3.63) is 12.2 Å². The van der Waals surface area contributed by atoms with Gasteiger partial charge >= 0.3 is 11.9 Å². The first-order valence-corrected chi connectivity index (χ1v) is 8.62. The van der Waals surface area contributed by atoms with Crippen LogP contribution in [0.15, 0.2) is 12.2 Å². The molecule has 0 fully saturated rings. The zero-order valence-corrected chi connectivity index (χ0v) is 14.6. The first-order valence-electron chi connectivity index (χ1n) is 8.62. The smallest absolute Gasteiger partial charge is 0.312 e. The Kier molecular flexibility index (Phi) is 12.5. The number of unbranched alkanes of at least 4 members (excludes halogenated alkanes) is 2. The molecule has 0 saturated heterocycles. The molecule has 4 heteroatoms. The molecule has 0 aliphatic rings. The van der Waals surface area contributed by atoms with E-state index in [1.54, 1.807) is 13.8 Å². The van der Waals surface area contributed by atoms with Crippen LogP contribution in [0.2, 0.25) is 0 Å². The van der Waals surface area contributed by atoms with E-state index in [0.717, 1.165) is 38.5 Å². The van der Waals surface area contributed by atoms with Crippen molar-refractivity contribution in [2.24, 2.45) is 11.8 Å². The molecule has 0 aromatic carbocycles. The summed E-state index contributed by atoms with van der Waals surface area (Å²) in [4.78, 5) is 24.0. The van der Waals surface area contributed by atoms with Crippen molar-refractivity contribution in [3.8, 4) is 0 Å². The normalized spacial score (nSPS) is 13.8. The predicted octanol–water partition coefficient (Wildman–Crippen LogP) is 4.28. The molecule has 22 heavy (non-hydrogen) atoms. The van der Waals surface area contributed by atoms with Gasteiger partial charge in [-0.25, -0.2) is 0 Å². The highest BCUT2D eigenvalue weighted by Gasteiger charge is 2.20. The lowest BCUT2D eigenvalue weighted by Crippen LogP contribution is -2.19. The van der Waals surface area contributed by atoms with Gasteiger partial charge in [-0.3, -0.25) is 9.59 Å². The molecule has 0 aromatic heterocycles. The molecule has 0 spiro atoms. The van der Waals surface area contributed by atoms with Crippen molar-refractivity contribution in [3.63, 3.8) is 0 Å². The standard InChI is InChI=1S/C18H32O4/c1-5-9-11-15(17(19)21-7-3)13-14-16(12-10-6-2)18(20)22-8-4/h13-16H,5-12H2,1-4H3/b14-13+. The lowest BCUT2D eigenvalue weighted by atomic mass is 9.96. The average molecular weight is 312 g/mol. The number of rotatable bonds is 12. The van der Waals surface area contributed by atoms with E-state index in [4.69, 9.17) is 9.47 Å². The number of carbonyl (C=O) groups is 2. The molecule has 0 aliphatic heterocycles. The Labute approximate surface area is 135 Å². The molecule has 0 radical (unpaired) electrons. The first kappa shape index (κ1) is 20.7. The highest BCUT2D eigenvalue weighted by atomic mass is 16.5. The van der Waals surface area contributed by atoms with E-state index >= 15 is 0 Å². The summed E-state index contributed by atoms with van der Waals surface area (Å²) < 4.78 is 10.2. The van der Waals surface area contributed by atoms with Gasteiger partial charge in [0.15, 0.2) is 0 Å². The maximum atomic E-state index is 12.0. The Morgan fingerprint density at radius 3 is 1.41 bits per heavy atom. The van der Waals surface area contributed by atoms with Crippen molar-refractivity contribution in [1.29, 1.82) is 0 Å². The topological polar surface area (TPSA) is 52.6 Å². The van der Waals surface area contributed by atoms with E-state index in [1.807, 2.05) is 12.2 Å². The molecule has 4 nitrogen and oxygen atoms in total. The van der Waals surface area contributed by atoms with Gasteiger partial charge < -0.3 is 9.47 Å². The fourth-order valence-electron chi connectivity index (χ4n) is 2.20. The molecule has 0 rings (SSSR count). The Balaban J connectivity index is 4.85. The highest BCUT2D eigenvalue weighted by Crippen LogP contribution is 2.17. The fourth-order valence-corrected chi connectivity index (χ4v) is 2.20.